The summed E-state index contributed by atoms with van der Waals surface area (Å²) in [5.74, 6) is 1.04. The van der Waals surface area contributed by atoms with Crippen molar-refractivity contribution in [3.63, 3.8) is 0 Å². The van der Waals surface area contributed by atoms with E-state index in [1.807, 2.05) is 0 Å². The number of rotatable bonds is 3. The Morgan fingerprint density at radius 1 is 1.50 bits per heavy atom. The number of ether oxygens (including phenoxy) is 1. The molecule has 1 aliphatic rings. The quantitative estimate of drug-likeness (QED) is 0.914. The molecular weight excluding hydrogens is 320 g/mol. The predicted molar refractivity (Wildman–Crippen MR) is 89.3 cm³/mol. The van der Waals surface area contributed by atoms with Crippen molar-refractivity contribution in [3.05, 3.63) is 39.4 Å². The number of hydrogen-bond acceptors (Lipinski definition) is 4. The van der Waals surface area contributed by atoms with E-state index >= 15 is 0 Å². The molecule has 1 unspecified atom stereocenters. The second-order valence-corrected chi connectivity index (χ2v) is 7.03. The van der Waals surface area contributed by atoms with Crippen molar-refractivity contribution >= 4 is 34.0 Å². The Morgan fingerprint density at radius 2 is 2.32 bits per heavy atom. The summed E-state index contributed by atoms with van der Waals surface area (Å²) in [6, 6.07) is 4.98. The maximum absolute atomic E-state index is 12.3. The zero-order valence-electron chi connectivity index (χ0n) is 12.5. The lowest BCUT2D eigenvalue weighted by atomic mass is 9.93. The fraction of sp³-hybridized carbons (Fsp3) is 0.375. The Hall–Kier alpha value is -1.59. The van der Waals surface area contributed by atoms with E-state index in [9.17, 15) is 4.79 Å². The Labute approximate surface area is 138 Å². The van der Waals surface area contributed by atoms with E-state index < -0.39 is 0 Å². The Morgan fingerprint density at radius 3 is 3.05 bits per heavy atom. The number of nitrogens with one attached hydrogen (secondary N) is 1. The first kappa shape index (κ1) is 15.3. The number of anilines is 1. The number of thiazole rings is 1. The van der Waals surface area contributed by atoms with Crippen LogP contribution in [0.15, 0.2) is 18.2 Å². The van der Waals surface area contributed by atoms with Gasteiger partial charge in [0.1, 0.15) is 5.75 Å². The molecule has 2 aromatic rings. The predicted octanol–water partition coefficient (Wildman–Crippen LogP) is 4.18. The minimum Gasteiger partial charge on any atom is -0.495 e. The highest BCUT2D eigenvalue weighted by Gasteiger charge is 2.20. The summed E-state index contributed by atoms with van der Waals surface area (Å²) >= 11 is 7.63. The van der Waals surface area contributed by atoms with Gasteiger partial charge in [0.25, 0.3) is 5.91 Å². The molecule has 1 N–H and O–H groups in total. The van der Waals surface area contributed by atoms with Gasteiger partial charge >= 0.3 is 0 Å². The van der Waals surface area contributed by atoms with Crippen LogP contribution >= 0.6 is 22.9 Å². The summed E-state index contributed by atoms with van der Waals surface area (Å²) in [5, 5.41) is 3.95. The minimum absolute atomic E-state index is 0.205. The molecule has 0 aliphatic heterocycles. The molecule has 116 valence electrons. The zero-order chi connectivity index (χ0) is 15.7. The van der Waals surface area contributed by atoms with E-state index in [1.165, 1.54) is 4.88 Å². The molecule has 0 spiro atoms. The highest BCUT2D eigenvalue weighted by Crippen LogP contribution is 2.32. The minimum atomic E-state index is -0.205. The van der Waals surface area contributed by atoms with Crippen LogP contribution in [0, 0.1) is 5.92 Å². The molecule has 1 heterocycles. The second kappa shape index (κ2) is 6.26. The maximum Gasteiger partial charge on any atom is 0.257 e. The number of fused-ring (bicyclic) bond motifs is 1. The lowest BCUT2D eigenvalue weighted by Crippen LogP contribution is -2.12. The lowest BCUT2D eigenvalue weighted by Gasteiger charge is -2.15. The lowest BCUT2D eigenvalue weighted by molar-refractivity contribution is 0.102. The summed E-state index contributed by atoms with van der Waals surface area (Å²) in [5.41, 5.74) is 1.62. The van der Waals surface area contributed by atoms with Gasteiger partial charge in [-0.1, -0.05) is 18.5 Å². The number of hydrogen-bond donors (Lipinski definition) is 1. The van der Waals surface area contributed by atoms with Gasteiger partial charge in [0.2, 0.25) is 0 Å². The average Bonchev–Trinajstić information content (AvgIpc) is 2.88. The summed E-state index contributed by atoms with van der Waals surface area (Å²) < 4.78 is 5.09. The van der Waals surface area contributed by atoms with Crippen LogP contribution in [0.1, 0.15) is 34.3 Å². The molecule has 6 heteroatoms. The van der Waals surface area contributed by atoms with Crippen molar-refractivity contribution < 1.29 is 9.53 Å². The topological polar surface area (TPSA) is 51.2 Å². The molecule has 3 rings (SSSR count). The van der Waals surface area contributed by atoms with Crippen molar-refractivity contribution in [2.75, 3.05) is 12.4 Å². The molecule has 0 fully saturated rings. The van der Waals surface area contributed by atoms with Crippen LogP contribution in [0.5, 0.6) is 5.75 Å². The summed E-state index contributed by atoms with van der Waals surface area (Å²) in [7, 11) is 1.54. The van der Waals surface area contributed by atoms with Gasteiger partial charge in [-0.15, -0.1) is 11.3 Å². The molecule has 0 bridgehead atoms. The number of carbonyl (C=O) groups is 1. The second-order valence-electron chi connectivity index (χ2n) is 5.54. The average molecular weight is 337 g/mol. The van der Waals surface area contributed by atoms with Crippen molar-refractivity contribution in [1.82, 2.24) is 4.98 Å². The fourth-order valence-corrected chi connectivity index (χ4v) is 3.99. The van der Waals surface area contributed by atoms with Crippen molar-refractivity contribution in [2.45, 2.75) is 26.2 Å². The van der Waals surface area contributed by atoms with E-state index in [0.717, 1.165) is 25.0 Å². The zero-order valence-corrected chi connectivity index (χ0v) is 14.1. The number of halogens is 1. The van der Waals surface area contributed by atoms with Gasteiger partial charge in [-0.3, -0.25) is 10.1 Å². The van der Waals surface area contributed by atoms with Crippen molar-refractivity contribution in [3.8, 4) is 5.75 Å². The van der Waals surface area contributed by atoms with Crippen LogP contribution in [0.3, 0.4) is 0 Å². The highest BCUT2D eigenvalue weighted by atomic mass is 35.5. The van der Waals surface area contributed by atoms with Gasteiger partial charge in [0.05, 0.1) is 17.8 Å². The van der Waals surface area contributed by atoms with Gasteiger partial charge in [-0.05, 0) is 43.4 Å². The number of amides is 1. The van der Waals surface area contributed by atoms with Gasteiger partial charge in [0.15, 0.2) is 5.13 Å². The third-order valence-corrected chi connectivity index (χ3v) is 5.15. The van der Waals surface area contributed by atoms with E-state index in [-0.39, 0.29) is 5.91 Å². The van der Waals surface area contributed by atoms with Gasteiger partial charge in [0, 0.05) is 10.4 Å². The molecule has 0 saturated carbocycles. The first-order valence-electron chi connectivity index (χ1n) is 7.20. The normalized spacial score (nSPS) is 17.0. The van der Waals surface area contributed by atoms with E-state index in [2.05, 4.69) is 17.2 Å². The number of benzene rings is 1. The molecule has 0 saturated heterocycles. The first-order valence-corrected chi connectivity index (χ1v) is 8.39. The molecular formula is C16H17ClN2O2S. The van der Waals surface area contributed by atoms with E-state index in [4.69, 9.17) is 16.3 Å². The first-order chi connectivity index (χ1) is 10.6. The van der Waals surface area contributed by atoms with Crippen LogP contribution in [0.2, 0.25) is 5.02 Å². The molecule has 22 heavy (non-hydrogen) atoms. The van der Waals surface area contributed by atoms with Crippen LogP contribution < -0.4 is 10.1 Å². The molecule has 4 nitrogen and oxygen atoms in total. The Balaban J connectivity index is 1.76. The van der Waals surface area contributed by atoms with Crippen LogP contribution in [-0.4, -0.2) is 18.0 Å². The van der Waals surface area contributed by atoms with Gasteiger partial charge < -0.3 is 4.74 Å². The molecule has 1 amide bonds. The molecule has 0 radical (unpaired) electrons. The van der Waals surface area contributed by atoms with E-state index in [0.29, 0.717) is 27.4 Å². The van der Waals surface area contributed by atoms with Gasteiger partial charge in [-0.25, -0.2) is 4.98 Å². The number of methoxy groups -OCH3 is 1. The molecule has 1 aromatic heterocycles. The standard InChI is InChI=1S/C16H17ClN2O2S/c1-9-3-5-12-14(7-9)22-16(18-12)19-15(20)10-4-6-13(21-2)11(17)8-10/h4,6,8-9H,3,5,7H2,1-2H3,(H,18,19,20). The van der Waals surface area contributed by atoms with Crippen molar-refractivity contribution in [2.24, 2.45) is 5.92 Å². The smallest absolute Gasteiger partial charge is 0.257 e. The number of aromatic nitrogens is 1. The summed E-state index contributed by atoms with van der Waals surface area (Å²) in [6.07, 6.45) is 3.21. The number of carbonyl (C=O) groups excluding carboxylic acids is 1. The Kier molecular flexibility index (Phi) is 4.36. The highest BCUT2D eigenvalue weighted by molar-refractivity contribution is 7.15. The SMILES string of the molecule is COc1ccc(C(=O)Nc2nc3c(s2)CC(C)CC3)cc1Cl. The largest absolute Gasteiger partial charge is 0.495 e. The van der Waals surface area contributed by atoms with Crippen LogP contribution in [-0.2, 0) is 12.8 Å². The van der Waals surface area contributed by atoms with Crippen molar-refractivity contribution in [1.29, 1.82) is 0 Å². The van der Waals surface area contributed by atoms with Crippen LogP contribution in [0.4, 0.5) is 5.13 Å². The Bertz CT molecular complexity index is 714. The summed E-state index contributed by atoms with van der Waals surface area (Å²) in [6.45, 7) is 2.25. The monoisotopic (exact) mass is 336 g/mol. The third-order valence-electron chi connectivity index (χ3n) is 3.82. The maximum atomic E-state index is 12.3. The molecule has 1 aliphatic carbocycles. The summed E-state index contributed by atoms with van der Waals surface area (Å²) in [4.78, 5) is 18.1. The molecule has 1 atom stereocenters. The fourth-order valence-electron chi connectivity index (χ4n) is 2.57. The number of aryl methyl sites for hydroxylation is 1. The molecule has 1 aromatic carbocycles. The van der Waals surface area contributed by atoms with Crippen LogP contribution in [0.25, 0.3) is 0 Å². The van der Waals surface area contributed by atoms with E-state index in [1.54, 1.807) is 36.6 Å². The van der Waals surface area contributed by atoms with Gasteiger partial charge in [-0.2, -0.15) is 0 Å². The third kappa shape index (κ3) is 3.10. The number of nitrogens with zero attached hydrogens (tertiary/aromatic N) is 1.